The summed E-state index contributed by atoms with van der Waals surface area (Å²) in [4.78, 5) is 16.6. The Labute approximate surface area is 184 Å². The molecule has 0 saturated heterocycles. The third-order valence-corrected chi connectivity index (χ3v) is 7.48. The van der Waals surface area contributed by atoms with Crippen LogP contribution in [-0.4, -0.2) is 28.6 Å². The summed E-state index contributed by atoms with van der Waals surface area (Å²) in [6.07, 6.45) is -0.701. The number of halogens is 3. The van der Waals surface area contributed by atoms with Gasteiger partial charge in [0.2, 0.25) is 5.60 Å². The number of alkyl halides is 3. The van der Waals surface area contributed by atoms with E-state index in [0.717, 1.165) is 31.4 Å². The number of carboxylic acid groups (broad SMARTS) is 1. The number of carboxylic acids is 1. The van der Waals surface area contributed by atoms with E-state index < -0.39 is 28.7 Å². The van der Waals surface area contributed by atoms with Gasteiger partial charge in [-0.05, 0) is 74.5 Å². The molecule has 0 aromatic heterocycles. The van der Waals surface area contributed by atoms with Gasteiger partial charge in [0.15, 0.2) is 0 Å². The van der Waals surface area contributed by atoms with E-state index in [0.29, 0.717) is 24.3 Å². The van der Waals surface area contributed by atoms with Crippen LogP contribution < -0.4 is 5.73 Å². The van der Waals surface area contributed by atoms with Gasteiger partial charge in [0.25, 0.3) is 0 Å². The van der Waals surface area contributed by atoms with Crippen molar-refractivity contribution < 1.29 is 27.8 Å². The lowest BCUT2D eigenvalue weighted by Crippen LogP contribution is -2.56. The van der Waals surface area contributed by atoms with E-state index >= 15 is 0 Å². The third-order valence-electron chi connectivity index (χ3n) is 7.48. The van der Waals surface area contributed by atoms with E-state index in [1.165, 1.54) is 19.1 Å². The lowest BCUT2D eigenvalue weighted by atomic mass is 9.48. The molecule has 5 rings (SSSR count). The van der Waals surface area contributed by atoms with E-state index in [4.69, 9.17) is 10.5 Å². The van der Waals surface area contributed by atoms with Crippen LogP contribution in [0, 0.1) is 34.5 Å². The number of nitriles is 1. The van der Waals surface area contributed by atoms with E-state index in [1.54, 1.807) is 0 Å². The Morgan fingerprint density at radius 2 is 1.84 bits per heavy atom. The molecule has 0 radical (unpaired) electrons. The number of carbonyl (C=O) groups is 1. The molecule has 4 fully saturated rings. The normalized spacial score (nSPS) is 33.5. The van der Waals surface area contributed by atoms with E-state index in [-0.39, 0.29) is 30.3 Å². The minimum absolute atomic E-state index is 0.0220. The molecule has 0 aliphatic heterocycles. The van der Waals surface area contributed by atoms with Crippen LogP contribution in [-0.2, 0) is 22.3 Å². The van der Waals surface area contributed by atoms with Crippen molar-refractivity contribution >= 4 is 11.8 Å². The first kappa shape index (κ1) is 22.6. The zero-order chi connectivity index (χ0) is 23.3. The van der Waals surface area contributed by atoms with Gasteiger partial charge in [0.1, 0.15) is 11.9 Å². The molecule has 4 saturated carbocycles. The zero-order valence-corrected chi connectivity index (χ0v) is 17.7. The van der Waals surface area contributed by atoms with Gasteiger partial charge in [-0.2, -0.15) is 18.4 Å². The molecule has 3 atom stereocenters. The molecule has 4 aliphatic carbocycles. The Morgan fingerprint density at radius 1 is 1.25 bits per heavy atom. The molecule has 4 aliphatic rings. The first-order valence-electron chi connectivity index (χ1n) is 10.7. The highest BCUT2D eigenvalue weighted by Gasteiger charge is 2.59. The number of benzene rings is 1. The van der Waals surface area contributed by atoms with Gasteiger partial charge in [-0.15, -0.1) is 0 Å². The van der Waals surface area contributed by atoms with Gasteiger partial charge in [0.05, 0.1) is 23.6 Å². The van der Waals surface area contributed by atoms with Gasteiger partial charge in [-0.1, -0.05) is 12.1 Å². The molecule has 0 amide bonds. The Bertz CT molecular complexity index is 953. The van der Waals surface area contributed by atoms with Crippen molar-refractivity contribution in [3.63, 3.8) is 0 Å². The third kappa shape index (κ3) is 3.96. The van der Waals surface area contributed by atoms with Gasteiger partial charge in [-0.25, -0.2) is 0 Å². The van der Waals surface area contributed by atoms with Crippen molar-refractivity contribution in [1.29, 1.82) is 5.26 Å². The topological polar surface area (TPSA) is 109 Å². The summed E-state index contributed by atoms with van der Waals surface area (Å²) in [6, 6.07) is 6.43. The summed E-state index contributed by atoms with van der Waals surface area (Å²) in [6.45, 7) is 1.39. The van der Waals surface area contributed by atoms with Gasteiger partial charge >= 0.3 is 12.1 Å². The van der Waals surface area contributed by atoms with Crippen molar-refractivity contribution in [2.45, 2.75) is 63.5 Å². The quantitative estimate of drug-likeness (QED) is 0.501. The molecule has 1 aromatic carbocycles. The van der Waals surface area contributed by atoms with Crippen molar-refractivity contribution in [2.24, 2.45) is 33.9 Å². The van der Waals surface area contributed by atoms with Crippen LogP contribution in [0.2, 0.25) is 0 Å². The summed E-state index contributed by atoms with van der Waals surface area (Å²) in [5.41, 5.74) is 3.74. The number of aliphatic imine (C=N–C) groups is 1. The van der Waals surface area contributed by atoms with Gasteiger partial charge < -0.3 is 15.6 Å². The fraction of sp³-hybridized carbons (Fsp3) is 0.609. The molecular formula is C23H26F3N3O3. The maximum absolute atomic E-state index is 12.7. The zero-order valence-electron chi connectivity index (χ0n) is 17.7. The predicted molar refractivity (Wildman–Crippen MR) is 109 cm³/mol. The highest BCUT2D eigenvalue weighted by Crippen LogP contribution is 2.61. The minimum Gasteiger partial charge on any atom is -0.481 e. The molecule has 4 bridgehead atoms. The molecule has 3 unspecified atom stereocenters. The predicted octanol–water partition coefficient (Wildman–Crippen LogP) is 4.14. The highest BCUT2D eigenvalue weighted by molar-refractivity contribution is 5.91. The lowest BCUT2D eigenvalue weighted by Gasteiger charge is -2.57. The van der Waals surface area contributed by atoms with Crippen LogP contribution in [0.25, 0.3) is 0 Å². The summed E-state index contributed by atoms with van der Waals surface area (Å²) in [5, 5.41) is 19.5. The highest BCUT2D eigenvalue weighted by atomic mass is 19.4. The molecule has 1 aromatic rings. The Balaban J connectivity index is 1.47. The van der Waals surface area contributed by atoms with Gasteiger partial charge in [-0.3, -0.25) is 9.79 Å². The molecule has 9 heteroatoms. The number of nitrogens with two attached hydrogens (primary N) is 1. The largest absolute Gasteiger partial charge is 0.481 e. The molecule has 6 nitrogen and oxygen atoms in total. The second-order valence-electron chi connectivity index (χ2n) is 9.69. The number of aliphatic carboxylic acids is 1. The maximum atomic E-state index is 12.7. The average molecular weight is 449 g/mol. The minimum atomic E-state index is -4.42. The second kappa shape index (κ2) is 7.77. The molecule has 172 valence electrons. The number of rotatable bonds is 6. The van der Waals surface area contributed by atoms with Crippen molar-refractivity contribution in [2.75, 3.05) is 0 Å². The van der Waals surface area contributed by atoms with Crippen molar-refractivity contribution in [3.05, 3.63) is 35.4 Å². The van der Waals surface area contributed by atoms with Gasteiger partial charge in [0, 0.05) is 0 Å². The Kier molecular flexibility index (Phi) is 5.48. The first-order chi connectivity index (χ1) is 15.0. The maximum Gasteiger partial charge on any atom is 0.416 e. The van der Waals surface area contributed by atoms with Crippen molar-refractivity contribution in [1.82, 2.24) is 0 Å². The Morgan fingerprint density at radius 3 is 2.34 bits per heavy atom. The van der Waals surface area contributed by atoms with Crippen LogP contribution in [0.3, 0.4) is 0 Å². The molecule has 0 heterocycles. The van der Waals surface area contributed by atoms with Crippen LogP contribution in [0.15, 0.2) is 29.3 Å². The number of nitrogens with zero attached hydrogens (tertiary/aromatic N) is 2. The second-order valence-corrected chi connectivity index (χ2v) is 9.69. The molecular weight excluding hydrogens is 423 g/mol. The van der Waals surface area contributed by atoms with E-state index in [9.17, 15) is 28.3 Å². The van der Waals surface area contributed by atoms with Crippen LogP contribution in [0.4, 0.5) is 13.2 Å². The van der Waals surface area contributed by atoms with Crippen LogP contribution in [0.5, 0.6) is 0 Å². The van der Waals surface area contributed by atoms with Crippen molar-refractivity contribution in [3.8, 4) is 6.07 Å². The Hall–Kier alpha value is -2.60. The summed E-state index contributed by atoms with van der Waals surface area (Å²) in [7, 11) is 0. The monoisotopic (exact) mass is 449 g/mol. The summed E-state index contributed by atoms with van der Waals surface area (Å²) >= 11 is 0. The molecule has 3 N–H and O–H groups in total. The summed E-state index contributed by atoms with van der Waals surface area (Å²) in [5.74, 6) is -0.0696. The fourth-order valence-corrected chi connectivity index (χ4v) is 5.94. The first-order valence-corrected chi connectivity index (χ1v) is 10.7. The lowest BCUT2D eigenvalue weighted by molar-refractivity contribution is -0.166. The molecule has 0 spiro atoms. The SMILES string of the molecule is CC(C#N)(OCc1ccc(C(F)(F)F)cc1)C(N)=NC1C2CC3CC1CC(C(=O)O)(C3)C2. The van der Waals surface area contributed by atoms with Crippen LogP contribution in [0.1, 0.15) is 50.2 Å². The summed E-state index contributed by atoms with van der Waals surface area (Å²) < 4.78 is 43.9. The smallest absolute Gasteiger partial charge is 0.416 e. The number of ether oxygens (including phenoxy) is 1. The fourth-order valence-electron chi connectivity index (χ4n) is 5.94. The number of hydrogen-bond donors (Lipinski definition) is 2. The van der Waals surface area contributed by atoms with Crippen LogP contribution >= 0.6 is 0 Å². The number of hydrogen-bond acceptors (Lipinski definition) is 4. The van der Waals surface area contributed by atoms with E-state index in [1.807, 2.05) is 6.07 Å². The number of amidine groups is 1. The van der Waals surface area contributed by atoms with E-state index in [2.05, 4.69) is 4.99 Å². The standard InChI is InChI=1S/C23H26F3N3O3/c1-21(12-27,32-11-13-2-4-17(5-3-13)23(24,25)26)19(28)29-18-15-6-14-7-16(18)10-22(8-14,9-15)20(30)31/h2-5,14-16,18H,6-11H2,1H3,(H2,28,29)(H,30,31). The molecule has 32 heavy (non-hydrogen) atoms. The average Bonchev–Trinajstić information content (AvgIpc) is 2.73.